The molecule has 0 aromatic heterocycles. The second-order valence-corrected chi connectivity index (χ2v) is 3.30. The molecule has 0 spiro atoms. The van der Waals surface area contributed by atoms with Gasteiger partial charge in [-0.1, -0.05) is 13.3 Å². The zero-order valence-electron chi connectivity index (χ0n) is 8.77. The largest absolute Gasteiger partial charge is 0.480 e. The van der Waals surface area contributed by atoms with Crippen molar-refractivity contribution in [1.82, 2.24) is 5.32 Å². The minimum Gasteiger partial charge on any atom is -0.480 e. The van der Waals surface area contributed by atoms with Gasteiger partial charge in [0.1, 0.15) is 6.04 Å². The Morgan fingerprint density at radius 1 is 1.47 bits per heavy atom. The SMILES string of the molecule is CCCC(CN)C(=O)NC(CO)C(=O)O. The molecule has 15 heavy (non-hydrogen) atoms. The third-order valence-electron chi connectivity index (χ3n) is 2.09. The van der Waals surface area contributed by atoms with Crippen LogP contribution in [0.2, 0.25) is 0 Å². The van der Waals surface area contributed by atoms with Crippen molar-refractivity contribution in [3.8, 4) is 0 Å². The number of hydrogen-bond donors (Lipinski definition) is 4. The molecule has 0 radical (unpaired) electrons. The maximum absolute atomic E-state index is 11.5. The standard InChI is InChI=1S/C9H18N2O4/c1-2-3-6(4-10)8(13)11-7(5-12)9(14)15/h6-7,12H,2-5,10H2,1H3,(H,11,13)(H,14,15). The molecule has 0 aliphatic rings. The molecule has 2 unspecified atom stereocenters. The van der Waals surface area contributed by atoms with E-state index in [0.717, 1.165) is 6.42 Å². The molecule has 88 valence electrons. The van der Waals surface area contributed by atoms with Crippen LogP contribution in [-0.2, 0) is 9.59 Å². The van der Waals surface area contributed by atoms with Gasteiger partial charge in [0.05, 0.1) is 12.5 Å². The molecule has 0 aliphatic carbocycles. The van der Waals surface area contributed by atoms with Crippen LogP contribution in [-0.4, -0.2) is 41.3 Å². The molecule has 0 aromatic carbocycles. The van der Waals surface area contributed by atoms with Crippen LogP contribution in [0.5, 0.6) is 0 Å². The monoisotopic (exact) mass is 218 g/mol. The minimum atomic E-state index is -1.25. The number of rotatable bonds is 7. The van der Waals surface area contributed by atoms with Gasteiger partial charge in [-0.15, -0.1) is 0 Å². The average Bonchev–Trinajstić information content (AvgIpc) is 2.21. The van der Waals surface area contributed by atoms with E-state index in [4.69, 9.17) is 15.9 Å². The molecule has 0 aliphatic heterocycles. The van der Waals surface area contributed by atoms with Crippen molar-refractivity contribution in [3.05, 3.63) is 0 Å². The summed E-state index contributed by atoms with van der Waals surface area (Å²) in [6.45, 7) is 1.47. The van der Waals surface area contributed by atoms with Gasteiger partial charge in [-0.05, 0) is 6.42 Å². The Kier molecular flexibility index (Phi) is 6.64. The molecule has 0 aromatic rings. The summed E-state index contributed by atoms with van der Waals surface area (Å²) < 4.78 is 0. The maximum Gasteiger partial charge on any atom is 0.328 e. The molecule has 0 saturated heterocycles. The third kappa shape index (κ3) is 4.75. The molecule has 5 N–H and O–H groups in total. The van der Waals surface area contributed by atoms with Crippen molar-refractivity contribution >= 4 is 11.9 Å². The number of nitrogens with two attached hydrogens (primary N) is 1. The van der Waals surface area contributed by atoms with E-state index in [1.807, 2.05) is 6.92 Å². The molecular formula is C9H18N2O4. The predicted molar refractivity (Wildman–Crippen MR) is 54.1 cm³/mol. The number of carboxylic acid groups (broad SMARTS) is 1. The van der Waals surface area contributed by atoms with Gasteiger partial charge < -0.3 is 21.3 Å². The van der Waals surface area contributed by atoms with Gasteiger partial charge in [0, 0.05) is 6.54 Å². The summed E-state index contributed by atoms with van der Waals surface area (Å²) in [6.07, 6.45) is 1.41. The smallest absolute Gasteiger partial charge is 0.328 e. The van der Waals surface area contributed by atoms with Crippen LogP contribution >= 0.6 is 0 Å². The van der Waals surface area contributed by atoms with Crippen LogP contribution in [0.25, 0.3) is 0 Å². The molecule has 0 fully saturated rings. The first-order valence-electron chi connectivity index (χ1n) is 4.90. The number of carbonyl (C=O) groups excluding carboxylic acids is 1. The maximum atomic E-state index is 11.5. The van der Waals surface area contributed by atoms with E-state index < -0.39 is 24.5 Å². The summed E-state index contributed by atoms with van der Waals surface area (Å²) in [7, 11) is 0. The van der Waals surface area contributed by atoms with Gasteiger partial charge in [-0.2, -0.15) is 0 Å². The van der Waals surface area contributed by atoms with Gasteiger partial charge in [-0.3, -0.25) is 4.79 Å². The van der Waals surface area contributed by atoms with Crippen molar-refractivity contribution in [2.45, 2.75) is 25.8 Å². The van der Waals surface area contributed by atoms with Crippen LogP contribution in [0.4, 0.5) is 0 Å². The highest BCUT2D eigenvalue weighted by Crippen LogP contribution is 2.04. The number of carboxylic acids is 1. The van der Waals surface area contributed by atoms with Crippen molar-refractivity contribution in [1.29, 1.82) is 0 Å². The van der Waals surface area contributed by atoms with E-state index in [0.29, 0.717) is 6.42 Å². The van der Waals surface area contributed by atoms with Gasteiger partial charge in [0.2, 0.25) is 5.91 Å². The Morgan fingerprint density at radius 3 is 2.40 bits per heavy atom. The minimum absolute atomic E-state index is 0.178. The topological polar surface area (TPSA) is 113 Å². The molecule has 6 heteroatoms. The number of aliphatic hydroxyl groups excluding tert-OH is 1. The van der Waals surface area contributed by atoms with E-state index >= 15 is 0 Å². The highest BCUT2D eigenvalue weighted by molar-refractivity contribution is 5.85. The molecule has 6 nitrogen and oxygen atoms in total. The summed E-state index contributed by atoms with van der Waals surface area (Å²) in [4.78, 5) is 22.0. The van der Waals surface area contributed by atoms with E-state index in [1.165, 1.54) is 0 Å². The van der Waals surface area contributed by atoms with E-state index in [9.17, 15) is 9.59 Å². The number of aliphatic carboxylic acids is 1. The number of aliphatic hydroxyl groups is 1. The molecular weight excluding hydrogens is 200 g/mol. The lowest BCUT2D eigenvalue weighted by atomic mass is 10.0. The Hall–Kier alpha value is -1.14. The lowest BCUT2D eigenvalue weighted by Gasteiger charge is -2.17. The summed E-state index contributed by atoms with van der Waals surface area (Å²) in [5, 5.41) is 19.5. The summed E-state index contributed by atoms with van der Waals surface area (Å²) >= 11 is 0. The lowest BCUT2D eigenvalue weighted by molar-refractivity contribution is -0.143. The van der Waals surface area contributed by atoms with E-state index in [2.05, 4.69) is 5.32 Å². The fraction of sp³-hybridized carbons (Fsp3) is 0.778. The van der Waals surface area contributed by atoms with Crippen LogP contribution in [0.15, 0.2) is 0 Å². The Balaban J connectivity index is 4.24. The van der Waals surface area contributed by atoms with E-state index in [-0.39, 0.29) is 12.5 Å². The lowest BCUT2D eigenvalue weighted by Crippen LogP contribution is -2.47. The highest BCUT2D eigenvalue weighted by atomic mass is 16.4. The first-order chi connectivity index (χ1) is 7.06. The van der Waals surface area contributed by atoms with Gasteiger partial charge >= 0.3 is 5.97 Å². The van der Waals surface area contributed by atoms with Gasteiger partial charge in [-0.25, -0.2) is 4.79 Å². The highest BCUT2D eigenvalue weighted by Gasteiger charge is 2.23. The Morgan fingerprint density at radius 2 is 2.07 bits per heavy atom. The zero-order valence-corrected chi connectivity index (χ0v) is 8.77. The Labute approximate surface area is 88.5 Å². The fourth-order valence-electron chi connectivity index (χ4n) is 1.18. The number of hydrogen-bond acceptors (Lipinski definition) is 4. The first-order valence-corrected chi connectivity index (χ1v) is 4.90. The summed E-state index contributed by atoms with van der Waals surface area (Å²) in [5.41, 5.74) is 5.38. The van der Waals surface area contributed by atoms with Crippen molar-refractivity contribution in [2.24, 2.45) is 11.7 Å². The van der Waals surface area contributed by atoms with Crippen LogP contribution < -0.4 is 11.1 Å². The van der Waals surface area contributed by atoms with Gasteiger partial charge in [0.25, 0.3) is 0 Å². The van der Waals surface area contributed by atoms with Crippen molar-refractivity contribution in [3.63, 3.8) is 0 Å². The van der Waals surface area contributed by atoms with Gasteiger partial charge in [0.15, 0.2) is 0 Å². The average molecular weight is 218 g/mol. The van der Waals surface area contributed by atoms with E-state index in [1.54, 1.807) is 0 Å². The van der Waals surface area contributed by atoms with Crippen molar-refractivity contribution in [2.75, 3.05) is 13.2 Å². The van der Waals surface area contributed by atoms with Crippen molar-refractivity contribution < 1.29 is 19.8 Å². The number of carbonyl (C=O) groups is 2. The number of nitrogens with one attached hydrogen (secondary N) is 1. The quantitative estimate of drug-likeness (QED) is 0.434. The second kappa shape index (κ2) is 7.19. The normalized spacial score (nSPS) is 14.3. The fourth-order valence-corrected chi connectivity index (χ4v) is 1.18. The summed E-state index contributed by atoms with van der Waals surface area (Å²) in [6, 6.07) is -1.25. The Bertz CT molecular complexity index is 220. The molecule has 0 heterocycles. The third-order valence-corrected chi connectivity index (χ3v) is 2.09. The van der Waals surface area contributed by atoms with Crippen LogP contribution in [0.1, 0.15) is 19.8 Å². The molecule has 0 saturated carbocycles. The number of amides is 1. The molecule has 2 atom stereocenters. The zero-order chi connectivity index (χ0) is 11.8. The second-order valence-electron chi connectivity index (χ2n) is 3.30. The summed E-state index contributed by atoms with van der Waals surface area (Å²) in [5.74, 6) is -2.05. The van der Waals surface area contributed by atoms with Crippen LogP contribution in [0, 0.1) is 5.92 Å². The molecule has 1 amide bonds. The molecule has 0 rings (SSSR count). The first kappa shape index (κ1) is 13.9. The molecule has 0 bridgehead atoms. The van der Waals surface area contributed by atoms with Crippen LogP contribution in [0.3, 0.4) is 0 Å². The predicted octanol–water partition coefficient (Wildman–Crippen LogP) is -1.08.